The predicted octanol–water partition coefficient (Wildman–Crippen LogP) is 4.47. The third-order valence-electron chi connectivity index (χ3n) is 3.56. The van der Waals surface area contributed by atoms with Gasteiger partial charge in [-0.05, 0) is 24.6 Å². The van der Waals surface area contributed by atoms with Gasteiger partial charge in [-0.2, -0.15) is 0 Å². The third-order valence-corrected chi connectivity index (χ3v) is 3.86. The van der Waals surface area contributed by atoms with Crippen LogP contribution < -0.4 is 5.73 Å². The minimum Gasteiger partial charge on any atom is -0.508 e. The van der Waals surface area contributed by atoms with Gasteiger partial charge < -0.3 is 15.6 Å². The molecule has 0 heterocycles. The fourth-order valence-corrected chi connectivity index (χ4v) is 2.45. The molecule has 0 saturated carbocycles. The Labute approximate surface area is 147 Å². The molecule has 6 heteroatoms. The first-order chi connectivity index (χ1) is 11.5. The van der Waals surface area contributed by atoms with E-state index in [1.807, 2.05) is 0 Å². The van der Waals surface area contributed by atoms with Crippen molar-refractivity contribution in [1.29, 1.82) is 5.41 Å². The lowest BCUT2D eigenvalue weighted by atomic mass is 10.1. The molecular weight excluding hydrogens is 326 g/mol. The van der Waals surface area contributed by atoms with Crippen LogP contribution in [0, 0.1) is 5.41 Å². The molecule has 1 aromatic carbocycles. The number of allylic oxidation sites excluding steroid dienone is 2. The fraction of sp³-hybridized carbons (Fsp3) is 0.333. The van der Waals surface area contributed by atoms with Crippen LogP contribution in [0.1, 0.15) is 32.6 Å². The minimum atomic E-state index is 0.0736. The van der Waals surface area contributed by atoms with Crippen LogP contribution in [0.25, 0.3) is 0 Å². The van der Waals surface area contributed by atoms with Gasteiger partial charge >= 0.3 is 0 Å². The second-order valence-corrected chi connectivity index (χ2v) is 5.97. The first-order valence-electron chi connectivity index (χ1n) is 7.99. The van der Waals surface area contributed by atoms with E-state index in [2.05, 4.69) is 11.9 Å². The molecule has 2 rings (SSSR count). The van der Waals surface area contributed by atoms with Crippen molar-refractivity contribution in [2.24, 2.45) is 10.7 Å². The summed E-state index contributed by atoms with van der Waals surface area (Å²) in [7, 11) is 0. The second-order valence-electron chi connectivity index (χ2n) is 5.56. The third kappa shape index (κ3) is 4.86. The summed E-state index contributed by atoms with van der Waals surface area (Å²) >= 11 is 6.07. The minimum absolute atomic E-state index is 0.0736. The number of hydrogen-bond acceptors (Lipinski definition) is 5. The highest BCUT2D eigenvalue weighted by Gasteiger charge is 2.16. The molecule has 1 aliphatic carbocycles. The molecule has 1 aliphatic rings. The van der Waals surface area contributed by atoms with Crippen molar-refractivity contribution < 1.29 is 9.84 Å². The van der Waals surface area contributed by atoms with Crippen molar-refractivity contribution in [3.63, 3.8) is 0 Å². The first-order valence-corrected chi connectivity index (χ1v) is 8.37. The van der Waals surface area contributed by atoms with Crippen molar-refractivity contribution in [3.8, 4) is 5.75 Å². The number of aromatic hydroxyl groups is 1. The lowest BCUT2D eigenvalue weighted by Crippen LogP contribution is -2.19. The van der Waals surface area contributed by atoms with E-state index in [0.29, 0.717) is 34.5 Å². The number of rotatable bonds is 7. The van der Waals surface area contributed by atoms with E-state index in [1.54, 1.807) is 12.1 Å². The summed E-state index contributed by atoms with van der Waals surface area (Å²) in [5, 5.41) is 17.7. The standard InChI is InChI=1S/C18H22ClN3O2/c1-2-3-4-5-8-24-18-11-17(14(20)10-15(18)21)22-16-7-6-12(23)9-13(16)19/h6-7,9-11,21,23H,2-5,8,20H2,1H3/b21-15?,22-17-. The van der Waals surface area contributed by atoms with Gasteiger partial charge in [-0.25, -0.2) is 4.99 Å². The normalized spacial score (nSPS) is 16.1. The van der Waals surface area contributed by atoms with Crippen LogP contribution in [0.15, 0.2) is 46.8 Å². The average molecular weight is 348 g/mol. The summed E-state index contributed by atoms with van der Waals surface area (Å²) < 4.78 is 5.69. The van der Waals surface area contributed by atoms with Crippen molar-refractivity contribution in [2.45, 2.75) is 32.6 Å². The Hall–Kier alpha value is -2.27. The molecular formula is C18H22ClN3O2. The highest BCUT2D eigenvalue weighted by molar-refractivity contribution is 6.33. The lowest BCUT2D eigenvalue weighted by molar-refractivity contribution is 0.223. The molecule has 4 N–H and O–H groups in total. The molecule has 0 amide bonds. The second kappa shape index (κ2) is 8.55. The van der Waals surface area contributed by atoms with Crippen molar-refractivity contribution in [1.82, 2.24) is 0 Å². The largest absolute Gasteiger partial charge is 0.508 e. The van der Waals surface area contributed by atoms with Crippen LogP contribution in [0.4, 0.5) is 5.69 Å². The maximum absolute atomic E-state index is 9.40. The van der Waals surface area contributed by atoms with Crippen molar-refractivity contribution in [3.05, 3.63) is 46.8 Å². The zero-order chi connectivity index (χ0) is 17.5. The summed E-state index contributed by atoms with van der Waals surface area (Å²) in [6, 6.07) is 4.53. The van der Waals surface area contributed by atoms with E-state index in [0.717, 1.165) is 12.8 Å². The summed E-state index contributed by atoms with van der Waals surface area (Å²) in [5.41, 5.74) is 7.54. The van der Waals surface area contributed by atoms with Gasteiger partial charge in [0.1, 0.15) is 11.5 Å². The zero-order valence-corrected chi connectivity index (χ0v) is 14.4. The molecule has 24 heavy (non-hydrogen) atoms. The van der Waals surface area contributed by atoms with E-state index in [-0.39, 0.29) is 11.5 Å². The average Bonchev–Trinajstić information content (AvgIpc) is 2.53. The van der Waals surface area contributed by atoms with Crippen molar-refractivity contribution >= 4 is 28.7 Å². The molecule has 0 fully saturated rings. The van der Waals surface area contributed by atoms with Crippen LogP contribution in [0.2, 0.25) is 5.02 Å². The SMILES string of the molecule is CCCCCCOC1=C/C(=N/c2ccc(O)cc2Cl)C(N)=CC1=N. The Morgan fingerprint density at radius 1 is 1.25 bits per heavy atom. The van der Waals surface area contributed by atoms with Crippen LogP contribution in [0.5, 0.6) is 5.75 Å². The molecule has 0 spiro atoms. The maximum atomic E-state index is 9.40. The Morgan fingerprint density at radius 2 is 2.04 bits per heavy atom. The Morgan fingerprint density at radius 3 is 2.75 bits per heavy atom. The van der Waals surface area contributed by atoms with Crippen LogP contribution in [-0.2, 0) is 4.74 Å². The number of halogens is 1. The van der Waals surface area contributed by atoms with E-state index < -0.39 is 0 Å². The lowest BCUT2D eigenvalue weighted by Gasteiger charge is -2.15. The van der Waals surface area contributed by atoms with E-state index in [4.69, 9.17) is 27.5 Å². The number of nitrogens with two attached hydrogens (primary N) is 1. The first kappa shape index (κ1) is 18.1. The number of benzene rings is 1. The van der Waals surface area contributed by atoms with Gasteiger partial charge in [0, 0.05) is 12.1 Å². The van der Waals surface area contributed by atoms with Gasteiger partial charge in [-0.1, -0.05) is 37.8 Å². The molecule has 0 radical (unpaired) electrons. The molecule has 0 aliphatic heterocycles. The number of hydrogen-bond donors (Lipinski definition) is 3. The number of aliphatic imine (C=N–C) groups is 1. The number of phenols is 1. The van der Waals surface area contributed by atoms with E-state index in [1.165, 1.54) is 31.1 Å². The number of unbranched alkanes of at least 4 members (excludes halogenated alkanes) is 3. The molecule has 128 valence electrons. The summed E-state index contributed by atoms with van der Waals surface area (Å²) in [6.45, 7) is 2.72. The van der Waals surface area contributed by atoms with Crippen LogP contribution in [0.3, 0.4) is 0 Å². The summed E-state index contributed by atoms with van der Waals surface area (Å²) in [4.78, 5) is 4.41. The molecule has 0 unspecified atom stereocenters. The van der Waals surface area contributed by atoms with E-state index in [9.17, 15) is 5.11 Å². The van der Waals surface area contributed by atoms with Crippen molar-refractivity contribution in [2.75, 3.05) is 6.61 Å². The molecule has 5 nitrogen and oxygen atoms in total. The van der Waals surface area contributed by atoms with Gasteiger partial charge in [-0.3, -0.25) is 5.41 Å². The highest BCUT2D eigenvalue weighted by atomic mass is 35.5. The molecule has 0 aromatic heterocycles. The van der Waals surface area contributed by atoms with Crippen LogP contribution in [-0.4, -0.2) is 23.1 Å². The number of nitrogens with zero attached hydrogens (tertiary/aromatic N) is 1. The number of nitrogens with one attached hydrogen (secondary N) is 1. The Kier molecular flexibility index (Phi) is 6.44. The van der Waals surface area contributed by atoms with Gasteiger partial charge in [0.15, 0.2) is 0 Å². The van der Waals surface area contributed by atoms with Crippen LogP contribution >= 0.6 is 11.6 Å². The monoisotopic (exact) mass is 347 g/mol. The maximum Gasteiger partial charge on any atom is 0.146 e. The summed E-state index contributed by atoms with van der Waals surface area (Å²) in [5.74, 6) is 0.527. The smallest absolute Gasteiger partial charge is 0.146 e. The molecule has 0 saturated heterocycles. The molecule has 1 aromatic rings. The highest BCUT2D eigenvalue weighted by Crippen LogP contribution is 2.29. The Balaban J connectivity index is 2.14. The van der Waals surface area contributed by atoms with Gasteiger partial charge in [-0.15, -0.1) is 0 Å². The number of ether oxygens (including phenoxy) is 1. The molecule has 0 bridgehead atoms. The predicted molar refractivity (Wildman–Crippen MR) is 98.4 cm³/mol. The van der Waals surface area contributed by atoms with Gasteiger partial charge in [0.25, 0.3) is 0 Å². The fourth-order valence-electron chi connectivity index (χ4n) is 2.23. The van der Waals surface area contributed by atoms with Gasteiger partial charge in [0.2, 0.25) is 0 Å². The quantitative estimate of drug-likeness (QED) is 0.501. The number of phenolic OH excluding ortho intramolecular Hbond substituents is 1. The zero-order valence-electron chi connectivity index (χ0n) is 13.7. The summed E-state index contributed by atoms with van der Waals surface area (Å²) in [6.07, 6.45) is 7.59. The van der Waals surface area contributed by atoms with Gasteiger partial charge in [0.05, 0.1) is 34.4 Å². The molecule has 0 atom stereocenters. The van der Waals surface area contributed by atoms with E-state index >= 15 is 0 Å². The Bertz CT molecular complexity index is 708. The topological polar surface area (TPSA) is 91.7 Å².